The van der Waals surface area contributed by atoms with E-state index in [0.29, 0.717) is 6.04 Å². The Balaban J connectivity index is 0.00000144. The van der Waals surface area contributed by atoms with E-state index in [1.807, 2.05) is 6.92 Å². The second kappa shape index (κ2) is 6.33. The van der Waals surface area contributed by atoms with Gasteiger partial charge in [0.15, 0.2) is 0 Å². The van der Waals surface area contributed by atoms with Gasteiger partial charge >= 0.3 is 0 Å². The van der Waals surface area contributed by atoms with Crippen molar-refractivity contribution in [2.75, 3.05) is 13.1 Å². The Morgan fingerprint density at radius 2 is 2.18 bits per heavy atom. The summed E-state index contributed by atoms with van der Waals surface area (Å²) in [5.74, 6) is 2.07. The minimum absolute atomic E-state index is 0. The zero-order valence-corrected chi connectivity index (χ0v) is 11.4. The molecule has 0 spiro atoms. The van der Waals surface area contributed by atoms with Gasteiger partial charge in [0.1, 0.15) is 11.6 Å². The molecule has 2 N–H and O–H groups in total. The van der Waals surface area contributed by atoms with Gasteiger partial charge < -0.3 is 10.3 Å². The Kier molecular flexibility index (Phi) is 5.36. The molecule has 5 nitrogen and oxygen atoms in total. The average Bonchev–Trinajstić information content (AvgIpc) is 2.86. The van der Waals surface area contributed by atoms with Crippen molar-refractivity contribution in [3.63, 3.8) is 0 Å². The normalized spacial score (nSPS) is 20.5. The Bertz CT molecular complexity index is 352. The fourth-order valence-electron chi connectivity index (χ4n) is 2.51. The highest BCUT2D eigenvalue weighted by molar-refractivity contribution is 5.85. The average molecular weight is 260 g/mol. The highest BCUT2D eigenvalue weighted by Crippen LogP contribution is 2.18. The monoisotopic (exact) mass is 259 g/mol. The van der Waals surface area contributed by atoms with Crippen molar-refractivity contribution in [3.8, 4) is 0 Å². The summed E-state index contributed by atoms with van der Waals surface area (Å²) in [4.78, 5) is 2.43. The van der Waals surface area contributed by atoms with Crippen LogP contribution in [0.15, 0.2) is 0 Å². The molecule has 1 unspecified atom stereocenters. The van der Waals surface area contributed by atoms with E-state index < -0.39 is 0 Å². The number of aryl methyl sites for hydroxylation is 1. The van der Waals surface area contributed by atoms with E-state index in [-0.39, 0.29) is 12.4 Å². The maximum Gasteiger partial charge on any atom is 0.147 e. The highest BCUT2D eigenvalue weighted by Gasteiger charge is 2.24. The van der Waals surface area contributed by atoms with Crippen LogP contribution >= 0.6 is 12.4 Å². The van der Waals surface area contributed by atoms with Gasteiger partial charge in [-0.1, -0.05) is 0 Å². The van der Waals surface area contributed by atoms with E-state index in [1.54, 1.807) is 0 Å². The lowest BCUT2D eigenvalue weighted by atomic mass is 10.2. The molecule has 1 saturated heterocycles. The standard InChI is InChI=1S/C11H21N5.ClH/c1-3-16-9(2)13-14-11(16)8-15-6-4-5-10(15)7-12;/h10H,3-8,12H2,1-2H3;1H. The summed E-state index contributed by atoms with van der Waals surface area (Å²) in [5.41, 5.74) is 5.77. The third-order valence-electron chi connectivity index (χ3n) is 3.44. The first-order chi connectivity index (χ1) is 7.76. The number of rotatable bonds is 4. The van der Waals surface area contributed by atoms with Gasteiger partial charge in [-0.25, -0.2) is 0 Å². The molecule has 0 bridgehead atoms. The predicted octanol–water partition coefficient (Wildman–Crippen LogP) is 0.951. The number of nitrogens with two attached hydrogens (primary N) is 1. The van der Waals surface area contributed by atoms with Crippen molar-refractivity contribution in [2.24, 2.45) is 5.73 Å². The van der Waals surface area contributed by atoms with E-state index in [2.05, 4.69) is 26.6 Å². The number of likely N-dealkylation sites (tertiary alicyclic amines) is 1. The second-order valence-electron chi connectivity index (χ2n) is 4.41. The van der Waals surface area contributed by atoms with Crippen LogP contribution in [0.3, 0.4) is 0 Å². The van der Waals surface area contributed by atoms with Crippen molar-refractivity contribution in [3.05, 3.63) is 11.6 Å². The van der Waals surface area contributed by atoms with Gasteiger partial charge in [-0.2, -0.15) is 0 Å². The van der Waals surface area contributed by atoms with Gasteiger partial charge in [-0.3, -0.25) is 4.90 Å². The number of hydrogen-bond donors (Lipinski definition) is 1. The van der Waals surface area contributed by atoms with Crippen LogP contribution in [0, 0.1) is 6.92 Å². The van der Waals surface area contributed by atoms with Crippen LogP contribution in [0.4, 0.5) is 0 Å². The smallest absolute Gasteiger partial charge is 0.147 e. The van der Waals surface area contributed by atoms with Gasteiger partial charge in [0.05, 0.1) is 6.54 Å². The molecule has 98 valence electrons. The van der Waals surface area contributed by atoms with Crippen LogP contribution in [-0.4, -0.2) is 38.8 Å². The van der Waals surface area contributed by atoms with Crippen molar-refractivity contribution < 1.29 is 0 Å². The van der Waals surface area contributed by atoms with E-state index in [0.717, 1.165) is 37.8 Å². The van der Waals surface area contributed by atoms with Crippen molar-refractivity contribution in [2.45, 2.75) is 45.8 Å². The SMILES string of the molecule is CCn1c(C)nnc1CN1CCCC1CN.Cl. The lowest BCUT2D eigenvalue weighted by Crippen LogP contribution is -2.35. The molecule has 1 aliphatic rings. The van der Waals surface area contributed by atoms with Gasteiger partial charge in [0, 0.05) is 19.1 Å². The Morgan fingerprint density at radius 1 is 1.41 bits per heavy atom. The fourth-order valence-corrected chi connectivity index (χ4v) is 2.51. The predicted molar refractivity (Wildman–Crippen MR) is 70.2 cm³/mol. The summed E-state index contributed by atoms with van der Waals surface area (Å²) >= 11 is 0. The third-order valence-corrected chi connectivity index (χ3v) is 3.44. The molecule has 1 fully saturated rings. The first kappa shape index (κ1) is 14.4. The molecule has 0 aliphatic carbocycles. The van der Waals surface area contributed by atoms with Gasteiger partial charge in [0.25, 0.3) is 0 Å². The van der Waals surface area contributed by atoms with Crippen LogP contribution in [0.25, 0.3) is 0 Å². The second-order valence-corrected chi connectivity index (χ2v) is 4.41. The van der Waals surface area contributed by atoms with Crippen LogP contribution in [0.1, 0.15) is 31.4 Å². The lowest BCUT2D eigenvalue weighted by Gasteiger charge is -2.22. The molecular weight excluding hydrogens is 238 g/mol. The summed E-state index contributed by atoms with van der Waals surface area (Å²) in [6.45, 7) is 7.84. The lowest BCUT2D eigenvalue weighted by molar-refractivity contribution is 0.240. The van der Waals surface area contributed by atoms with Crippen LogP contribution in [-0.2, 0) is 13.1 Å². The topological polar surface area (TPSA) is 60.0 Å². The molecule has 0 radical (unpaired) electrons. The minimum atomic E-state index is 0. The summed E-state index contributed by atoms with van der Waals surface area (Å²) in [7, 11) is 0. The molecule has 0 aromatic carbocycles. The van der Waals surface area contributed by atoms with Gasteiger partial charge in [-0.15, -0.1) is 22.6 Å². The van der Waals surface area contributed by atoms with Crippen molar-refractivity contribution >= 4 is 12.4 Å². The molecule has 1 atom stereocenters. The first-order valence-electron chi connectivity index (χ1n) is 6.09. The number of hydrogen-bond acceptors (Lipinski definition) is 4. The van der Waals surface area contributed by atoms with Crippen LogP contribution in [0.5, 0.6) is 0 Å². The van der Waals surface area contributed by atoms with Gasteiger partial charge in [0.2, 0.25) is 0 Å². The number of nitrogens with zero attached hydrogens (tertiary/aromatic N) is 4. The Morgan fingerprint density at radius 3 is 2.82 bits per heavy atom. The van der Waals surface area contributed by atoms with Crippen molar-refractivity contribution in [1.29, 1.82) is 0 Å². The summed E-state index contributed by atoms with van der Waals surface area (Å²) in [6.07, 6.45) is 2.47. The van der Waals surface area contributed by atoms with Crippen LogP contribution in [0.2, 0.25) is 0 Å². The van der Waals surface area contributed by atoms with E-state index in [1.165, 1.54) is 12.8 Å². The zero-order chi connectivity index (χ0) is 11.5. The van der Waals surface area contributed by atoms with E-state index >= 15 is 0 Å². The maximum atomic E-state index is 5.77. The number of aromatic nitrogens is 3. The summed E-state index contributed by atoms with van der Waals surface area (Å²) in [5, 5.41) is 8.38. The molecule has 17 heavy (non-hydrogen) atoms. The first-order valence-corrected chi connectivity index (χ1v) is 6.09. The molecule has 2 rings (SSSR count). The summed E-state index contributed by atoms with van der Waals surface area (Å²) in [6, 6.07) is 0.530. The number of halogens is 1. The van der Waals surface area contributed by atoms with Crippen molar-refractivity contribution in [1.82, 2.24) is 19.7 Å². The molecule has 1 aromatic heterocycles. The quantitative estimate of drug-likeness (QED) is 0.875. The molecular formula is C11H22ClN5. The summed E-state index contributed by atoms with van der Waals surface area (Å²) < 4.78 is 2.17. The van der Waals surface area contributed by atoms with E-state index in [9.17, 15) is 0 Å². The Hall–Kier alpha value is -0.650. The largest absolute Gasteiger partial charge is 0.329 e. The fraction of sp³-hybridized carbons (Fsp3) is 0.818. The molecule has 1 aliphatic heterocycles. The molecule has 2 heterocycles. The minimum Gasteiger partial charge on any atom is -0.329 e. The maximum absolute atomic E-state index is 5.77. The molecule has 1 aromatic rings. The van der Waals surface area contributed by atoms with E-state index in [4.69, 9.17) is 5.73 Å². The molecule has 6 heteroatoms. The Labute approximate surface area is 109 Å². The highest BCUT2D eigenvalue weighted by atomic mass is 35.5. The van der Waals surface area contributed by atoms with Gasteiger partial charge in [-0.05, 0) is 33.2 Å². The van der Waals surface area contributed by atoms with Crippen LogP contribution < -0.4 is 5.73 Å². The third kappa shape index (κ3) is 2.97. The zero-order valence-electron chi connectivity index (χ0n) is 10.6. The molecule has 0 saturated carbocycles. The molecule has 0 amide bonds.